The van der Waals surface area contributed by atoms with Crippen LogP contribution >= 0.6 is 0 Å². The van der Waals surface area contributed by atoms with Crippen molar-refractivity contribution in [3.63, 3.8) is 0 Å². The molecule has 3 rings (SSSR count). The third-order valence-corrected chi connectivity index (χ3v) is 4.18. The van der Waals surface area contributed by atoms with Gasteiger partial charge in [0.05, 0.1) is 12.5 Å². The van der Waals surface area contributed by atoms with Crippen LogP contribution in [0.4, 0.5) is 4.39 Å². The molecule has 0 N–H and O–H groups in total. The van der Waals surface area contributed by atoms with Crippen molar-refractivity contribution in [1.82, 2.24) is 0 Å². The summed E-state index contributed by atoms with van der Waals surface area (Å²) in [5.41, 5.74) is 0.698. The van der Waals surface area contributed by atoms with Gasteiger partial charge in [-0.2, -0.15) is 0 Å². The molecule has 0 atom stereocenters. The van der Waals surface area contributed by atoms with E-state index in [4.69, 9.17) is 13.9 Å². The van der Waals surface area contributed by atoms with Crippen LogP contribution < -0.4 is 14.9 Å². The molecule has 0 bridgehead atoms. The van der Waals surface area contributed by atoms with E-state index in [2.05, 4.69) is 4.74 Å². The molecule has 0 amide bonds. The lowest BCUT2D eigenvalue weighted by Crippen LogP contribution is -2.14. The second-order valence-corrected chi connectivity index (χ2v) is 6.05. The predicted octanol–water partition coefficient (Wildman–Crippen LogP) is 4.15. The Hall–Kier alpha value is -3.35. The van der Waals surface area contributed by atoms with Crippen LogP contribution in [0.5, 0.6) is 17.2 Å². The van der Waals surface area contributed by atoms with Gasteiger partial charge in [-0.1, -0.05) is 6.92 Å². The van der Waals surface area contributed by atoms with Crippen LogP contribution in [-0.2, 0) is 16.0 Å². The van der Waals surface area contributed by atoms with Gasteiger partial charge >= 0.3 is 5.97 Å². The van der Waals surface area contributed by atoms with Crippen molar-refractivity contribution in [2.24, 2.45) is 0 Å². The third kappa shape index (κ3) is 3.98. The summed E-state index contributed by atoms with van der Waals surface area (Å²) in [5, 5.41) is 0.324. The molecule has 0 radical (unpaired) electrons. The van der Waals surface area contributed by atoms with E-state index in [1.807, 2.05) is 6.92 Å². The maximum atomic E-state index is 13.1. The van der Waals surface area contributed by atoms with Gasteiger partial charge in [-0.15, -0.1) is 0 Å². The number of carbonyl (C=O) groups is 1. The molecule has 0 unspecified atom stereocenters. The molecule has 146 valence electrons. The summed E-state index contributed by atoms with van der Waals surface area (Å²) in [6.45, 7) is 3.25. The molecule has 0 aliphatic rings. The van der Waals surface area contributed by atoms with E-state index in [-0.39, 0.29) is 23.5 Å². The van der Waals surface area contributed by atoms with Crippen LogP contribution in [0.1, 0.15) is 18.2 Å². The molecule has 0 fully saturated rings. The molecule has 2 aromatic carbocycles. The van der Waals surface area contributed by atoms with Gasteiger partial charge in [0.25, 0.3) is 0 Å². The predicted molar refractivity (Wildman–Crippen MR) is 101 cm³/mol. The highest BCUT2D eigenvalue weighted by Gasteiger charge is 2.17. The Balaban J connectivity index is 2.03. The van der Waals surface area contributed by atoms with Gasteiger partial charge in [0, 0.05) is 6.07 Å². The molecule has 0 aliphatic carbocycles. The van der Waals surface area contributed by atoms with Crippen LogP contribution in [-0.4, -0.2) is 19.7 Å². The highest BCUT2D eigenvalue weighted by molar-refractivity contribution is 5.81. The minimum atomic E-state index is -0.511. The Bertz CT molecular complexity index is 1070. The van der Waals surface area contributed by atoms with Crippen molar-refractivity contribution in [3.8, 4) is 17.2 Å². The van der Waals surface area contributed by atoms with Crippen LogP contribution in [0.3, 0.4) is 0 Å². The van der Waals surface area contributed by atoms with E-state index in [0.717, 1.165) is 5.56 Å². The largest absolute Gasteiger partial charge is 0.481 e. The normalized spacial score (nSPS) is 10.7. The molecule has 0 saturated heterocycles. The van der Waals surface area contributed by atoms with Crippen LogP contribution in [0.15, 0.2) is 45.6 Å². The standard InChI is InChI=1S/C21H19FO6/c1-4-13-9-16-18(10-17(13)26-11-19(23)25-3)27-12(2)21(20(16)24)28-15-7-5-14(22)6-8-15/h5-10H,4,11H2,1-3H3. The Morgan fingerprint density at radius 2 is 1.89 bits per heavy atom. The van der Waals surface area contributed by atoms with E-state index in [1.54, 1.807) is 19.1 Å². The number of halogens is 1. The first-order valence-electron chi connectivity index (χ1n) is 8.66. The smallest absolute Gasteiger partial charge is 0.343 e. The number of ether oxygens (including phenoxy) is 3. The van der Waals surface area contributed by atoms with Gasteiger partial charge in [0.1, 0.15) is 28.7 Å². The summed E-state index contributed by atoms with van der Waals surface area (Å²) in [6.07, 6.45) is 0.577. The average molecular weight is 386 g/mol. The highest BCUT2D eigenvalue weighted by atomic mass is 19.1. The van der Waals surface area contributed by atoms with E-state index >= 15 is 0 Å². The van der Waals surface area contributed by atoms with Crippen molar-refractivity contribution >= 4 is 16.9 Å². The van der Waals surface area contributed by atoms with Gasteiger partial charge in [-0.25, -0.2) is 9.18 Å². The van der Waals surface area contributed by atoms with E-state index in [1.165, 1.54) is 31.4 Å². The first-order chi connectivity index (χ1) is 13.4. The molecule has 28 heavy (non-hydrogen) atoms. The second-order valence-electron chi connectivity index (χ2n) is 6.05. The molecule has 0 saturated carbocycles. The number of fused-ring (bicyclic) bond motifs is 1. The lowest BCUT2D eigenvalue weighted by molar-refractivity contribution is -0.142. The lowest BCUT2D eigenvalue weighted by atomic mass is 10.1. The number of aryl methyl sites for hydroxylation is 2. The third-order valence-electron chi connectivity index (χ3n) is 4.18. The molecular weight excluding hydrogens is 367 g/mol. The Labute approximate surface area is 160 Å². The van der Waals surface area contributed by atoms with Crippen molar-refractivity contribution < 1.29 is 27.8 Å². The summed E-state index contributed by atoms with van der Waals surface area (Å²) < 4.78 is 34.5. The summed E-state index contributed by atoms with van der Waals surface area (Å²) in [7, 11) is 1.28. The number of esters is 1. The average Bonchev–Trinajstić information content (AvgIpc) is 2.70. The van der Waals surface area contributed by atoms with Crippen LogP contribution in [0.2, 0.25) is 0 Å². The molecule has 0 spiro atoms. The van der Waals surface area contributed by atoms with Gasteiger partial charge in [0.15, 0.2) is 6.61 Å². The topological polar surface area (TPSA) is 75.0 Å². The van der Waals surface area contributed by atoms with Crippen LogP contribution in [0, 0.1) is 12.7 Å². The highest BCUT2D eigenvalue weighted by Crippen LogP contribution is 2.30. The van der Waals surface area contributed by atoms with Crippen molar-refractivity contribution in [1.29, 1.82) is 0 Å². The van der Waals surface area contributed by atoms with E-state index < -0.39 is 11.8 Å². The fourth-order valence-corrected chi connectivity index (χ4v) is 2.71. The number of hydrogen-bond donors (Lipinski definition) is 0. The molecule has 1 aromatic heterocycles. The zero-order valence-corrected chi connectivity index (χ0v) is 15.7. The quantitative estimate of drug-likeness (QED) is 0.593. The maximum absolute atomic E-state index is 13.1. The molecule has 3 aromatic rings. The summed E-state index contributed by atoms with van der Waals surface area (Å²) in [5.74, 6) is 0.152. The number of benzene rings is 2. The minimum absolute atomic E-state index is 0.0318. The molecular formula is C21H19FO6. The molecule has 1 heterocycles. The van der Waals surface area contributed by atoms with Crippen molar-refractivity contribution in [3.05, 3.63) is 63.8 Å². The van der Waals surface area contributed by atoms with Crippen molar-refractivity contribution in [2.45, 2.75) is 20.3 Å². The summed E-state index contributed by atoms with van der Waals surface area (Å²) in [4.78, 5) is 24.3. The van der Waals surface area contributed by atoms with Gasteiger partial charge in [-0.3, -0.25) is 4.79 Å². The van der Waals surface area contributed by atoms with E-state index in [9.17, 15) is 14.0 Å². The molecule has 0 aliphatic heterocycles. The zero-order valence-electron chi connectivity index (χ0n) is 15.7. The SMILES string of the molecule is CCc1cc2c(=O)c(Oc3ccc(F)cc3)c(C)oc2cc1OCC(=O)OC. The monoisotopic (exact) mass is 386 g/mol. The first kappa shape index (κ1) is 19.4. The number of carbonyl (C=O) groups excluding carboxylic acids is 1. The molecule has 6 nitrogen and oxygen atoms in total. The Morgan fingerprint density at radius 3 is 2.54 bits per heavy atom. The fraction of sp³-hybridized carbons (Fsp3) is 0.238. The zero-order chi connectivity index (χ0) is 20.3. The Morgan fingerprint density at radius 1 is 1.18 bits per heavy atom. The second kappa shape index (κ2) is 8.12. The fourth-order valence-electron chi connectivity index (χ4n) is 2.71. The Kier molecular flexibility index (Phi) is 5.63. The summed E-state index contributed by atoms with van der Waals surface area (Å²) >= 11 is 0. The maximum Gasteiger partial charge on any atom is 0.343 e. The van der Waals surface area contributed by atoms with Gasteiger partial charge < -0.3 is 18.6 Å². The van der Waals surface area contributed by atoms with Crippen LogP contribution in [0.25, 0.3) is 11.0 Å². The number of hydrogen-bond acceptors (Lipinski definition) is 6. The number of methoxy groups -OCH3 is 1. The first-order valence-corrected chi connectivity index (χ1v) is 8.66. The van der Waals surface area contributed by atoms with E-state index in [0.29, 0.717) is 28.9 Å². The van der Waals surface area contributed by atoms with Crippen molar-refractivity contribution in [2.75, 3.05) is 13.7 Å². The lowest BCUT2D eigenvalue weighted by Gasteiger charge is -2.13. The van der Waals surface area contributed by atoms with Gasteiger partial charge in [-0.05, 0) is 49.2 Å². The summed E-state index contributed by atoms with van der Waals surface area (Å²) in [6, 6.07) is 8.58. The minimum Gasteiger partial charge on any atom is -0.481 e. The number of rotatable bonds is 6. The van der Waals surface area contributed by atoms with Gasteiger partial charge in [0.2, 0.25) is 11.2 Å². The molecule has 7 heteroatoms.